The topological polar surface area (TPSA) is 110 Å². The van der Waals surface area contributed by atoms with E-state index in [0.717, 1.165) is 13.1 Å². The first-order valence-corrected chi connectivity index (χ1v) is 7.01. The smallest absolute Gasteiger partial charge is 0.326 e. The van der Waals surface area contributed by atoms with Crippen LogP contribution in [0.2, 0.25) is 0 Å². The average Bonchev–Trinajstić information content (AvgIpc) is 2.36. The van der Waals surface area contributed by atoms with E-state index in [2.05, 4.69) is 10.2 Å². The van der Waals surface area contributed by atoms with Crippen molar-refractivity contribution < 1.29 is 24.6 Å². The van der Waals surface area contributed by atoms with E-state index < -0.39 is 24.0 Å². The van der Waals surface area contributed by atoms with Crippen LogP contribution in [0.4, 0.5) is 4.79 Å². The summed E-state index contributed by atoms with van der Waals surface area (Å²) in [5.41, 5.74) is 0. The molecule has 1 rings (SSSR count). The van der Waals surface area contributed by atoms with Crippen molar-refractivity contribution >= 4 is 18.0 Å². The highest BCUT2D eigenvalue weighted by Crippen LogP contribution is 2.09. The Balaban J connectivity index is 2.52. The minimum Gasteiger partial charge on any atom is -0.481 e. The lowest BCUT2D eigenvalue weighted by atomic mass is 10.1. The van der Waals surface area contributed by atoms with Crippen LogP contribution in [0.25, 0.3) is 0 Å². The molecule has 0 aromatic heterocycles. The van der Waals surface area contributed by atoms with Gasteiger partial charge >= 0.3 is 18.0 Å². The Morgan fingerprint density at radius 1 is 1.29 bits per heavy atom. The summed E-state index contributed by atoms with van der Waals surface area (Å²) in [4.78, 5) is 37.5. The molecule has 1 aliphatic heterocycles. The van der Waals surface area contributed by atoms with E-state index in [1.807, 2.05) is 14.0 Å². The van der Waals surface area contributed by atoms with E-state index in [-0.39, 0.29) is 25.3 Å². The summed E-state index contributed by atoms with van der Waals surface area (Å²) in [5.74, 6) is -2.12. The molecule has 0 bridgehead atoms. The molecule has 120 valence electrons. The van der Waals surface area contributed by atoms with Gasteiger partial charge in [0.15, 0.2) is 0 Å². The van der Waals surface area contributed by atoms with E-state index in [1.165, 1.54) is 0 Å². The van der Waals surface area contributed by atoms with Gasteiger partial charge in [0.25, 0.3) is 0 Å². The largest absolute Gasteiger partial charge is 0.481 e. The van der Waals surface area contributed by atoms with Gasteiger partial charge in [-0.2, -0.15) is 0 Å². The lowest BCUT2D eigenvalue weighted by Gasteiger charge is -2.38. The van der Waals surface area contributed by atoms with Gasteiger partial charge in [0.2, 0.25) is 0 Å². The van der Waals surface area contributed by atoms with Crippen LogP contribution in [-0.2, 0) is 9.59 Å². The molecule has 1 fully saturated rings. The summed E-state index contributed by atoms with van der Waals surface area (Å²) in [6.45, 7) is 3.94. The second-order valence-corrected chi connectivity index (χ2v) is 5.43. The van der Waals surface area contributed by atoms with E-state index in [9.17, 15) is 14.4 Å². The summed E-state index contributed by atoms with van der Waals surface area (Å²) in [5, 5.41) is 20.1. The number of carboxylic acids is 2. The lowest BCUT2D eigenvalue weighted by Crippen LogP contribution is -2.57. The Kier molecular flexibility index (Phi) is 6.41. The number of hydrogen-bond acceptors (Lipinski definition) is 4. The number of hydrogen-bond donors (Lipinski definition) is 3. The molecule has 1 aliphatic rings. The van der Waals surface area contributed by atoms with Crippen LogP contribution < -0.4 is 5.32 Å². The highest BCUT2D eigenvalue weighted by atomic mass is 16.4. The molecule has 1 saturated heterocycles. The monoisotopic (exact) mass is 301 g/mol. The number of carbonyl (C=O) groups excluding carboxylic acids is 1. The third-order valence-corrected chi connectivity index (χ3v) is 3.57. The fourth-order valence-electron chi connectivity index (χ4n) is 2.39. The molecule has 8 nitrogen and oxygen atoms in total. The molecule has 21 heavy (non-hydrogen) atoms. The zero-order chi connectivity index (χ0) is 16.0. The van der Waals surface area contributed by atoms with Crippen LogP contribution >= 0.6 is 0 Å². The number of rotatable bonds is 6. The first-order chi connectivity index (χ1) is 9.81. The number of carbonyl (C=O) groups is 3. The fourth-order valence-corrected chi connectivity index (χ4v) is 2.39. The van der Waals surface area contributed by atoms with Crippen LogP contribution in [0.15, 0.2) is 0 Å². The molecule has 0 radical (unpaired) electrons. The number of urea groups is 1. The van der Waals surface area contributed by atoms with Gasteiger partial charge in [-0.15, -0.1) is 0 Å². The first-order valence-electron chi connectivity index (χ1n) is 7.01. The maximum absolute atomic E-state index is 12.1. The second-order valence-electron chi connectivity index (χ2n) is 5.43. The predicted molar refractivity (Wildman–Crippen MR) is 75.1 cm³/mol. The molecule has 8 heteroatoms. The van der Waals surface area contributed by atoms with E-state index in [4.69, 9.17) is 10.2 Å². The van der Waals surface area contributed by atoms with Crippen LogP contribution in [0, 0.1) is 0 Å². The molecule has 0 spiro atoms. The number of likely N-dealkylation sites (N-methyl/N-ethyl adjacent to an activating group) is 1. The Bertz CT molecular complexity index is 401. The molecule has 2 atom stereocenters. The number of nitrogens with zero attached hydrogens (tertiary/aromatic N) is 2. The molecule has 0 aliphatic carbocycles. The van der Waals surface area contributed by atoms with Gasteiger partial charge in [-0.3, -0.25) is 4.79 Å². The van der Waals surface area contributed by atoms with Crippen molar-refractivity contribution in [2.75, 3.05) is 26.7 Å². The van der Waals surface area contributed by atoms with Crippen molar-refractivity contribution in [1.29, 1.82) is 0 Å². The van der Waals surface area contributed by atoms with Crippen molar-refractivity contribution in [3.05, 3.63) is 0 Å². The Morgan fingerprint density at radius 3 is 2.48 bits per heavy atom. The minimum atomic E-state index is -1.14. The molecule has 0 saturated carbocycles. The van der Waals surface area contributed by atoms with Crippen LogP contribution in [0.1, 0.15) is 26.2 Å². The molecular weight excluding hydrogens is 278 g/mol. The van der Waals surface area contributed by atoms with Gasteiger partial charge in [-0.25, -0.2) is 9.59 Å². The molecule has 0 aromatic rings. The number of amides is 2. The Labute approximate surface area is 123 Å². The number of aliphatic carboxylic acids is 2. The Morgan fingerprint density at radius 2 is 1.95 bits per heavy atom. The number of piperazine rings is 1. The molecule has 3 N–H and O–H groups in total. The molecule has 0 aromatic carbocycles. The number of carboxylic acid groups (broad SMARTS) is 2. The van der Waals surface area contributed by atoms with Gasteiger partial charge in [0.1, 0.15) is 6.04 Å². The quantitative estimate of drug-likeness (QED) is 0.639. The predicted octanol–water partition coefficient (Wildman–Crippen LogP) is 0.0400. The average molecular weight is 301 g/mol. The van der Waals surface area contributed by atoms with Crippen molar-refractivity contribution in [2.24, 2.45) is 0 Å². The molecular formula is C13H23N3O5. The van der Waals surface area contributed by atoms with Crippen molar-refractivity contribution in [3.63, 3.8) is 0 Å². The highest BCUT2D eigenvalue weighted by molar-refractivity contribution is 5.82. The summed E-state index contributed by atoms with van der Waals surface area (Å²) in [6.07, 6.45) is 0.213. The van der Waals surface area contributed by atoms with E-state index in [1.54, 1.807) is 4.90 Å². The normalized spacial score (nSPS) is 20.9. The van der Waals surface area contributed by atoms with Crippen molar-refractivity contribution in [1.82, 2.24) is 15.1 Å². The molecule has 2 amide bonds. The van der Waals surface area contributed by atoms with Gasteiger partial charge in [-0.05, 0) is 26.8 Å². The third-order valence-electron chi connectivity index (χ3n) is 3.57. The summed E-state index contributed by atoms with van der Waals surface area (Å²) in [6, 6.07) is -1.45. The van der Waals surface area contributed by atoms with Crippen LogP contribution in [0.3, 0.4) is 0 Å². The zero-order valence-corrected chi connectivity index (χ0v) is 12.4. The molecule has 1 heterocycles. The van der Waals surface area contributed by atoms with Crippen molar-refractivity contribution in [2.45, 2.75) is 38.3 Å². The second kappa shape index (κ2) is 7.82. The van der Waals surface area contributed by atoms with E-state index >= 15 is 0 Å². The van der Waals surface area contributed by atoms with Gasteiger partial charge in [0, 0.05) is 32.1 Å². The highest BCUT2D eigenvalue weighted by Gasteiger charge is 2.28. The first kappa shape index (κ1) is 17.2. The fraction of sp³-hybridized carbons (Fsp3) is 0.769. The summed E-state index contributed by atoms with van der Waals surface area (Å²) >= 11 is 0. The van der Waals surface area contributed by atoms with Crippen LogP contribution in [0.5, 0.6) is 0 Å². The van der Waals surface area contributed by atoms with Gasteiger partial charge < -0.3 is 25.3 Å². The number of nitrogens with one attached hydrogen (secondary N) is 1. The zero-order valence-electron chi connectivity index (χ0n) is 12.4. The standard InChI is InChI=1S/C13H23N3O5/c1-9-8-15(2)6-7-16(9)13(21)14-10(12(19)20)4-3-5-11(17)18/h9-10H,3-8H2,1-2H3,(H,14,21)(H,17,18)(H,19,20)/t9?,10-/m1/s1. The maximum Gasteiger partial charge on any atom is 0.326 e. The van der Waals surface area contributed by atoms with Crippen LogP contribution in [-0.4, -0.2) is 76.7 Å². The van der Waals surface area contributed by atoms with Gasteiger partial charge in [-0.1, -0.05) is 0 Å². The lowest BCUT2D eigenvalue weighted by molar-refractivity contribution is -0.140. The van der Waals surface area contributed by atoms with E-state index in [0.29, 0.717) is 6.54 Å². The van der Waals surface area contributed by atoms with Crippen molar-refractivity contribution in [3.8, 4) is 0 Å². The maximum atomic E-state index is 12.1. The minimum absolute atomic E-state index is 0.0113. The summed E-state index contributed by atoms with van der Waals surface area (Å²) in [7, 11) is 1.97. The van der Waals surface area contributed by atoms with Gasteiger partial charge in [0.05, 0.1) is 0 Å². The molecule has 1 unspecified atom stereocenters. The third kappa shape index (κ3) is 5.58. The summed E-state index contributed by atoms with van der Waals surface area (Å²) < 4.78 is 0. The SMILES string of the molecule is CC1CN(C)CCN1C(=O)N[C@H](CCCC(=O)O)C(=O)O. The Hall–Kier alpha value is -1.83.